The number of pyridine rings is 3. The number of hydrogen-bond acceptors (Lipinski definition) is 6. The molecule has 162 valence electrons. The van der Waals surface area contributed by atoms with Gasteiger partial charge in [-0.2, -0.15) is 18.3 Å². The van der Waals surface area contributed by atoms with E-state index < -0.39 is 29.8 Å². The van der Waals surface area contributed by atoms with Crippen LogP contribution < -0.4 is 10.1 Å². The second-order valence-corrected chi connectivity index (χ2v) is 6.43. The molecule has 0 aromatic carbocycles. The van der Waals surface area contributed by atoms with Gasteiger partial charge in [0.2, 0.25) is 0 Å². The van der Waals surface area contributed by atoms with Crippen molar-refractivity contribution in [2.24, 2.45) is 0 Å². The first kappa shape index (κ1) is 21.0. The number of carbonyl (C=O) groups excluding carboxylic acids is 1. The van der Waals surface area contributed by atoms with Crippen LogP contribution in [0.3, 0.4) is 0 Å². The van der Waals surface area contributed by atoms with Crippen molar-refractivity contribution in [1.29, 1.82) is 0 Å². The van der Waals surface area contributed by atoms with Crippen molar-refractivity contribution in [3.05, 3.63) is 96.5 Å². The Labute approximate surface area is 179 Å². The molecule has 0 aliphatic rings. The number of nitrogens with zero attached hydrogens (tertiary/aromatic N) is 5. The average molecular weight is 440 g/mol. The highest BCUT2D eigenvalue weighted by Crippen LogP contribution is 2.37. The van der Waals surface area contributed by atoms with Gasteiger partial charge in [0.1, 0.15) is 6.04 Å². The number of rotatable bonds is 5. The Morgan fingerprint density at radius 1 is 0.906 bits per heavy atom. The van der Waals surface area contributed by atoms with Crippen molar-refractivity contribution in [2.75, 3.05) is 0 Å². The van der Waals surface area contributed by atoms with Crippen LogP contribution in [0.15, 0.2) is 79.4 Å². The second kappa shape index (κ2) is 8.84. The summed E-state index contributed by atoms with van der Waals surface area (Å²) < 4.78 is 46.8. The maximum atomic E-state index is 13.8. The van der Waals surface area contributed by atoms with E-state index in [4.69, 9.17) is 4.74 Å². The van der Waals surface area contributed by atoms with Crippen molar-refractivity contribution in [1.82, 2.24) is 30.0 Å². The molecule has 0 saturated heterocycles. The number of halogens is 3. The average Bonchev–Trinajstić information content (AvgIpc) is 3.23. The SMILES string of the molecule is O=C(NC(c1ccccn1)c1ccccn1)Oc1cnn(-c2ccccn2)c1C(F)(F)F. The first-order valence-corrected chi connectivity index (χ1v) is 9.30. The Morgan fingerprint density at radius 2 is 1.50 bits per heavy atom. The van der Waals surface area contributed by atoms with Crippen molar-refractivity contribution in [2.45, 2.75) is 12.2 Å². The largest absolute Gasteiger partial charge is 0.437 e. The highest BCUT2D eigenvalue weighted by molar-refractivity contribution is 5.71. The minimum atomic E-state index is -4.86. The van der Waals surface area contributed by atoms with E-state index in [2.05, 4.69) is 25.4 Å². The van der Waals surface area contributed by atoms with E-state index in [0.29, 0.717) is 16.1 Å². The number of nitrogens with one attached hydrogen (secondary N) is 1. The van der Waals surface area contributed by atoms with E-state index in [1.165, 1.54) is 30.7 Å². The topological polar surface area (TPSA) is 94.8 Å². The summed E-state index contributed by atoms with van der Waals surface area (Å²) in [7, 11) is 0. The molecule has 4 aromatic rings. The molecule has 0 aliphatic carbocycles. The first-order valence-electron chi connectivity index (χ1n) is 9.30. The Morgan fingerprint density at radius 3 is 2.00 bits per heavy atom. The normalized spacial score (nSPS) is 11.4. The zero-order valence-corrected chi connectivity index (χ0v) is 16.3. The molecule has 4 heterocycles. The van der Waals surface area contributed by atoms with E-state index in [1.807, 2.05) is 0 Å². The minimum Gasteiger partial charge on any atom is -0.406 e. The van der Waals surface area contributed by atoms with Crippen LogP contribution in [0, 0.1) is 0 Å². The Bertz CT molecular complexity index is 1150. The maximum absolute atomic E-state index is 13.8. The molecular weight excluding hydrogens is 425 g/mol. The number of aromatic nitrogens is 5. The van der Waals surface area contributed by atoms with Crippen LogP contribution in [0.4, 0.5) is 18.0 Å². The quantitative estimate of drug-likeness (QED) is 0.505. The fraction of sp³-hybridized carbons (Fsp3) is 0.0952. The van der Waals surface area contributed by atoms with Crippen LogP contribution in [-0.4, -0.2) is 30.8 Å². The molecule has 11 heteroatoms. The van der Waals surface area contributed by atoms with E-state index >= 15 is 0 Å². The molecule has 0 unspecified atom stereocenters. The molecule has 0 atom stereocenters. The summed E-state index contributed by atoms with van der Waals surface area (Å²) in [5.74, 6) is -0.837. The molecule has 4 rings (SSSR count). The van der Waals surface area contributed by atoms with Gasteiger partial charge in [-0.25, -0.2) is 14.5 Å². The summed E-state index contributed by atoms with van der Waals surface area (Å²) >= 11 is 0. The van der Waals surface area contributed by atoms with Crippen molar-refractivity contribution < 1.29 is 22.7 Å². The summed E-state index contributed by atoms with van der Waals surface area (Å²) in [6, 6.07) is 13.7. The van der Waals surface area contributed by atoms with Crippen molar-refractivity contribution in [3.8, 4) is 11.6 Å². The van der Waals surface area contributed by atoms with E-state index in [9.17, 15) is 18.0 Å². The van der Waals surface area contributed by atoms with Crippen LogP contribution in [0.25, 0.3) is 5.82 Å². The predicted molar refractivity (Wildman–Crippen MR) is 106 cm³/mol. The molecule has 0 radical (unpaired) electrons. The van der Waals surface area contributed by atoms with Crippen LogP contribution >= 0.6 is 0 Å². The number of hydrogen-bond donors (Lipinski definition) is 1. The zero-order valence-electron chi connectivity index (χ0n) is 16.3. The molecule has 0 fully saturated rings. The lowest BCUT2D eigenvalue weighted by atomic mass is 10.1. The monoisotopic (exact) mass is 440 g/mol. The lowest BCUT2D eigenvalue weighted by Crippen LogP contribution is -2.33. The van der Waals surface area contributed by atoms with Gasteiger partial charge in [0, 0.05) is 18.6 Å². The van der Waals surface area contributed by atoms with Gasteiger partial charge in [-0.15, -0.1) is 0 Å². The smallest absolute Gasteiger partial charge is 0.406 e. The molecular formula is C21H15F3N6O2. The molecule has 1 amide bonds. The lowest BCUT2D eigenvalue weighted by Gasteiger charge is -2.18. The van der Waals surface area contributed by atoms with Gasteiger partial charge in [-0.1, -0.05) is 18.2 Å². The maximum Gasteiger partial charge on any atom is 0.437 e. The van der Waals surface area contributed by atoms with E-state index in [1.54, 1.807) is 42.5 Å². The molecule has 0 saturated carbocycles. The molecule has 0 bridgehead atoms. The van der Waals surface area contributed by atoms with Gasteiger partial charge in [0.05, 0.1) is 17.6 Å². The van der Waals surface area contributed by atoms with Crippen LogP contribution in [0.5, 0.6) is 5.75 Å². The molecule has 1 N–H and O–H groups in total. The van der Waals surface area contributed by atoms with Crippen molar-refractivity contribution in [3.63, 3.8) is 0 Å². The molecule has 0 aliphatic heterocycles. The lowest BCUT2D eigenvalue weighted by molar-refractivity contribution is -0.143. The zero-order chi connectivity index (χ0) is 22.6. The number of alkyl halides is 3. The van der Waals surface area contributed by atoms with Gasteiger partial charge in [-0.3, -0.25) is 9.97 Å². The summed E-state index contributed by atoms with van der Waals surface area (Å²) in [5, 5.41) is 6.23. The third-order valence-corrected chi connectivity index (χ3v) is 4.30. The van der Waals surface area contributed by atoms with Gasteiger partial charge in [0.15, 0.2) is 17.3 Å². The summed E-state index contributed by atoms with van der Waals surface area (Å²) in [5.41, 5.74) is -0.398. The van der Waals surface area contributed by atoms with Crippen LogP contribution in [-0.2, 0) is 6.18 Å². The fourth-order valence-electron chi connectivity index (χ4n) is 2.96. The van der Waals surface area contributed by atoms with E-state index in [0.717, 1.165) is 6.20 Å². The number of carbonyl (C=O) groups is 1. The van der Waals surface area contributed by atoms with E-state index in [-0.39, 0.29) is 5.82 Å². The first-order chi connectivity index (χ1) is 15.4. The molecule has 4 aromatic heterocycles. The Kier molecular flexibility index (Phi) is 5.79. The minimum absolute atomic E-state index is 0.0741. The second-order valence-electron chi connectivity index (χ2n) is 6.43. The predicted octanol–water partition coefficient (Wildman–Crippen LogP) is 3.95. The fourth-order valence-corrected chi connectivity index (χ4v) is 2.96. The Hall–Kier alpha value is -4.28. The highest BCUT2D eigenvalue weighted by Gasteiger charge is 2.41. The van der Waals surface area contributed by atoms with Crippen LogP contribution in [0.2, 0.25) is 0 Å². The molecule has 32 heavy (non-hydrogen) atoms. The number of ether oxygens (including phenoxy) is 1. The summed E-state index contributed by atoms with van der Waals surface area (Å²) in [6.45, 7) is 0. The molecule has 0 spiro atoms. The van der Waals surface area contributed by atoms with Crippen LogP contribution in [0.1, 0.15) is 23.1 Å². The highest BCUT2D eigenvalue weighted by atomic mass is 19.4. The number of amides is 1. The van der Waals surface area contributed by atoms with Gasteiger partial charge >= 0.3 is 12.3 Å². The van der Waals surface area contributed by atoms with Gasteiger partial charge in [0.25, 0.3) is 0 Å². The summed E-state index contributed by atoms with van der Waals surface area (Å²) in [4.78, 5) is 24.9. The van der Waals surface area contributed by atoms with Gasteiger partial charge in [-0.05, 0) is 36.4 Å². The standard InChI is InChI=1S/C21H15F3N6O2/c22-21(23,24)19-16(13-28-30(19)17-9-3-6-12-27-17)32-20(31)29-18(14-7-1-4-10-25-14)15-8-2-5-11-26-15/h1-13,18H,(H,29,31). The van der Waals surface area contributed by atoms with Crippen molar-refractivity contribution >= 4 is 6.09 Å². The van der Waals surface area contributed by atoms with Gasteiger partial charge < -0.3 is 10.1 Å². The third-order valence-electron chi connectivity index (χ3n) is 4.30. The Balaban J connectivity index is 1.63. The third kappa shape index (κ3) is 4.56. The summed E-state index contributed by atoms with van der Waals surface area (Å²) in [6.07, 6.45) is -0.793. The molecule has 8 nitrogen and oxygen atoms in total.